The van der Waals surface area contributed by atoms with Crippen molar-refractivity contribution in [3.05, 3.63) is 54.4 Å². The molecule has 0 saturated carbocycles. The van der Waals surface area contributed by atoms with Gasteiger partial charge in [0.2, 0.25) is 0 Å². The second-order valence-electron chi connectivity index (χ2n) is 6.79. The smallest absolute Gasteiger partial charge is 0.120 e. The van der Waals surface area contributed by atoms with Crippen LogP contribution in [0, 0.1) is 0 Å². The molecule has 1 aromatic heterocycles. The van der Waals surface area contributed by atoms with Crippen LogP contribution in [0.2, 0.25) is 0 Å². The van der Waals surface area contributed by atoms with Crippen LogP contribution in [0.1, 0.15) is 5.69 Å². The van der Waals surface area contributed by atoms with E-state index in [1.54, 1.807) is 7.11 Å². The number of anilines is 1. The summed E-state index contributed by atoms with van der Waals surface area (Å²) in [5, 5.41) is 7.18. The summed E-state index contributed by atoms with van der Waals surface area (Å²) in [7, 11) is 1.72. The van der Waals surface area contributed by atoms with E-state index in [-0.39, 0.29) is 0 Å². The Hall–Kier alpha value is -2.15. The Balaban J connectivity index is 1.53. The van der Waals surface area contributed by atoms with Gasteiger partial charge in [-0.15, -0.1) is 0 Å². The summed E-state index contributed by atoms with van der Waals surface area (Å²) in [4.78, 5) is 9.34. The first kappa shape index (κ1) is 19.6. The van der Waals surface area contributed by atoms with E-state index >= 15 is 0 Å². The monoisotopic (exact) mass is 369 g/mol. The molecule has 2 N–H and O–H groups in total. The maximum Gasteiger partial charge on any atom is 0.120 e. The highest BCUT2D eigenvalue weighted by atomic mass is 16.5. The third-order valence-electron chi connectivity index (χ3n) is 4.86. The van der Waals surface area contributed by atoms with Gasteiger partial charge >= 0.3 is 0 Å². The van der Waals surface area contributed by atoms with Crippen LogP contribution < -0.4 is 20.3 Å². The summed E-state index contributed by atoms with van der Waals surface area (Å²) in [6.45, 7) is 8.82. The average molecular weight is 370 g/mol. The number of ether oxygens (including phenoxy) is 1. The molecule has 0 unspecified atom stereocenters. The minimum absolute atomic E-state index is 0.903. The highest BCUT2D eigenvalue weighted by Gasteiger charge is 2.10. The molecule has 1 fully saturated rings. The minimum Gasteiger partial charge on any atom is -0.497 e. The lowest BCUT2D eigenvalue weighted by atomic mass is 10.2. The van der Waals surface area contributed by atoms with Gasteiger partial charge in [0.15, 0.2) is 0 Å². The lowest BCUT2D eigenvalue weighted by Crippen LogP contribution is -2.43. The second-order valence-corrected chi connectivity index (χ2v) is 6.79. The van der Waals surface area contributed by atoms with E-state index in [1.165, 1.54) is 5.69 Å². The summed E-state index contributed by atoms with van der Waals surface area (Å²) >= 11 is 0. The van der Waals surface area contributed by atoms with Crippen molar-refractivity contribution in [3.63, 3.8) is 0 Å². The predicted octanol–water partition coefficient (Wildman–Crippen LogP) is 1.59. The number of methoxy groups -OCH3 is 1. The van der Waals surface area contributed by atoms with Crippen molar-refractivity contribution in [2.75, 3.05) is 64.4 Å². The van der Waals surface area contributed by atoms with Crippen molar-refractivity contribution in [2.24, 2.45) is 0 Å². The zero-order valence-electron chi connectivity index (χ0n) is 16.2. The summed E-state index contributed by atoms with van der Waals surface area (Å²) in [5.74, 6) is 0.907. The molecule has 0 atom stereocenters. The van der Waals surface area contributed by atoms with Crippen molar-refractivity contribution in [3.8, 4) is 5.75 Å². The molecular weight excluding hydrogens is 338 g/mol. The quantitative estimate of drug-likeness (QED) is 0.854. The van der Waals surface area contributed by atoms with Gasteiger partial charge in [0, 0.05) is 76.9 Å². The Kier molecular flexibility index (Phi) is 7.89. The van der Waals surface area contributed by atoms with Crippen molar-refractivity contribution in [1.82, 2.24) is 20.5 Å². The Morgan fingerprint density at radius 3 is 2.33 bits per heavy atom. The fourth-order valence-corrected chi connectivity index (χ4v) is 3.32. The molecule has 3 rings (SSSR count). The van der Waals surface area contributed by atoms with Crippen LogP contribution in [-0.4, -0.2) is 69.4 Å². The number of hydrogen-bond acceptors (Lipinski definition) is 6. The van der Waals surface area contributed by atoms with Crippen LogP contribution in [-0.2, 0) is 6.54 Å². The highest BCUT2D eigenvalue weighted by Crippen LogP contribution is 2.20. The summed E-state index contributed by atoms with van der Waals surface area (Å²) in [5.41, 5.74) is 2.35. The topological polar surface area (TPSA) is 52.7 Å². The van der Waals surface area contributed by atoms with Crippen LogP contribution in [0.15, 0.2) is 48.7 Å². The fraction of sp³-hybridized carbons (Fsp3) is 0.476. The van der Waals surface area contributed by atoms with Gasteiger partial charge in [-0.2, -0.15) is 0 Å². The Morgan fingerprint density at radius 1 is 0.926 bits per heavy atom. The van der Waals surface area contributed by atoms with Gasteiger partial charge in [-0.25, -0.2) is 0 Å². The molecule has 1 aromatic carbocycles. The van der Waals surface area contributed by atoms with Gasteiger partial charge in [0.25, 0.3) is 0 Å². The normalized spacial score (nSPS) is 17.7. The SMILES string of the molecule is COc1cccc(N2CCNCCN(Cc3ccccn3)CCNCC2)c1. The average Bonchev–Trinajstić information content (AvgIpc) is 2.71. The van der Waals surface area contributed by atoms with Gasteiger partial charge in [-0.3, -0.25) is 9.88 Å². The van der Waals surface area contributed by atoms with Gasteiger partial charge in [0.05, 0.1) is 12.8 Å². The number of hydrogen-bond donors (Lipinski definition) is 2. The third kappa shape index (κ3) is 6.50. The number of nitrogens with zero attached hydrogens (tertiary/aromatic N) is 3. The second kappa shape index (κ2) is 10.9. The van der Waals surface area contributed by atoms with Crippen LogP contribution in [0.3, 0.4) is 0 Å². The van der Waals surface area contributed by atoms with Crippen molar-refractivity contribution in [2.45, 2.75) is 6.54 Å². The largest absolute Gasteiger partial charge is 0.497 e. The van der Waals surface area contributed by atoms with Gasteiger partial charge in [0.1, 0.15) is 5.75 Å². The maximum absolute atomic E-state index is 5.37. The standard InChI is InChI=1S/C21H31N5O/c1-27-21-7-4-6-20(17-21)26-15-11-22-9-13-25(14-10-23-12-16-26)18-19-5-2-3-8-24-19/h2-8,17,22-23H,9-16,18H2,1H3. The molecule has 6 nitrogen and oxygen atoms in total. The molecule has 0 aliphatic carbocycles. The van der Waals surface area contributed by atoms with E-state index in [2.05, 4.69) is 55.7 Å². The Morgan fingerprint density at radius 2 is 1.67 bits per heavy atom. The molecule has 1 saturated heterocycles. The van der Waals surface area contributed by atoms with Crippen LogP contribution in [0.5, 0.6) is 5.75 Å². The third-order valence-corrected chi connectivity index (χ3v) is 4.86. The molecule has 0 radical (unpaired) electrons. The molecule has 0 spiro atoms. The van der Waals surface area contributed by atoms with Crippen molar-refractivity contribution < 1.29 is 4.74 Å². The number of rotatable bonds is 4. The molecule has 1 aliphatic rings. The molecule has 0 amide bonds. The molecule has 146 valence electrons. The number of aromatic nitrogens is 1. The van der Waals surface area contributed by atoms with Crippen molar-refractivity contribution >= 4 is 5.69 Å². The van der Waals surface area contributed by atoms with Gasteiger partial charge in [-0.1, -0.05) is 12.1 Å². The highest BCUT2D eigenvalue weighted by molar-refractivity contribution is 5.50. The fourth-order valence-electron chi connectivity index (χ4n) is 3.32. The van der Waals surface area contributed by atoms with Crippen molar-refractivity contribution in [1.29, 1.82) is 0 Å². The van der Waals surface area contributed by atoms with E-state index in [0.29, 0.717) is 0 Å². The van der Waals surface area contributed by atoms with E-state index in [4.69, 9.17) is 4.74 Å². The lowest BCUT2D eigenvalue weighted by molar-refractivity contribution is 0.261. The molecule has 6 heteroatoms. The zero-order valence-corrected chi connectivity index (χ0v) is 16.2. The minimum atomic E-state index is 0.903. The Labute approximate surface area is 162 Å². The van der Waals surface area contributed by atoms with E-state index in [1.807, 2.05) is 18.3 Å². The number of nitrogens with one attached hydrogen (secondary N) is 2. The molecule has 2 aromatic rings. The first-order chi connectivity index (χ1) is 13.3. The molecule has 0 bridgehead atoms. The first-order valence-electron chi connectivity index (χ1n) is 9.78. The van der Waals surface area contributed by atoms with E-state index < -0.39 is 0 Å². The molecule has 2 heterocycles. The van der Waals surface area contributed by atoms with Crippen LogP contribution in [0.4, 0.5) is 5.69 Å². The summed E-state index contributed by atoms with van der Waals surface area (Å²) in [6, 6.07) is 14.4. The van der Waals surface area contributed by atoms with E-state index in [0.717, 1.165) is 70.3 Å². The first-order valence-corrected chi connectivity index (χ1v) is 9.78. The predicted molar refractivity (Wildman–Crippen MR) is 110 cm³/mol. The van der Waals surface area contributed by atoms with Gasteiger partial charge < -0.3 is 20.3 Å². The van der Waals surface area contributed by atoms with Gasteiger partial charge in [-0.05, 0) is 24.3 Å². The van der Waals surface area contributed by atoms with Crippen LogP contribution in [0.25, 0.3) is 0 Å². The number of pyridine rings is 1. The van der Waals surface area contributed by atoms with E-state index in [9.17, 15) is 0 Å². The Bertz CT molecular complexity index is 653. The lowest BCUT2D eigenvalue weighted by Gasteiger charge is -2.28. The van der Waals surface area contributed by atoms with Crippen LogP contribution >= 0.6 is 0 Å². The maximum atomic E-state index is 5.37. The summed E-state index contributed by atoms with van der Waals surface area (Å²) in [6.07, 6.45) is 1.87. The molecular formula is C21H31N5O. The zero-order chi connectivity index (χ0) is 18.7. The molecule has 27 heavy (non-hydrogen) atoms. The molecule has 1 aliphatic heterocycles. The summed E-state index contributed by atoms with van der Waals surface area (Å²) < 4.78 is 5.37. The number of benzene rings is 1.